The van der Waals surface area contributed by atoms with Crippen LogP contribution in [-0.2, 0) is 10.1 Å². The highest BCUT2D eigenvalue weighted by Gasteiger charge is 2.11. The Hall–Kier alpha value is -1.07. The molecule has 1 aliphatic heterocycles. The molecule has 7 heteroatoms. The first kappa shape index (κ1) is 15.0. The van der Waals surface area contributed by atoms with Gasteiger partial charge in [-0.05, 0) is 19.1 Å². The molecule has 1 saturated heterocycles. The highest BCUT2D eigenvalue weighted by molar-refractivity contribution is 7.99. The number of hydrogen-bond donors (Lipinski definition) is 2. The van der Waals surface area contributed by atoms with Gasteiger partial charge in [-0.2, -0.15) is 13.7 Å². The Kier molecular flexibility index (Phi) is 5.62. The molecule has 0 radical (unpaired) electrons. The van der Waals surface area contributed by atoms with Crippen LogP contribution >= 0.6 is 11.8 Å². The van der Waals surface area contributed by atoms with Crippen LogP contribution in [0.3, 0.4) is 0 Å². The fourth-order valence-electron chi connectivity index (χ4n) is 1.19. The molecule has 0 aliphatic carbocycles. The summed E-state index contributed by atoms with van der Waals surface area (Å²) in [5.74, 6) is 1.90. The Bertz CT molecular complexity index is 514. The molecule has 5 nitrogen and oxygen atoms in total. The number of nitrogens with one attached hydrogen (secondary N) is 1. The second-order valence-electron chi connectivity index (χ2n) is 3.69. The summed E-state index contributed by atoms with van der Waals surface area (Å²) >= 11 is 1.77. The maximum absolute atomic E-state index is 10.5. The molecular formula is C11H14N2O3S2. The number of thioether (sulfide) groups is 1. The summed E-state index contributed by atoms with van der Waals surface area (Å²) in [6.07, 6.45) is 0. The molecule has 1 heterocycles. The normalized spacial score (nSPS) is 18.6. The van der Waals surface area contributed by atoms with Gasteiger partial charge >= 0.3 is 0 Å². The van der Waals surface area contributed by atoms with Crippen LogP contribution in [0.4, 0.5) is 0 Å². The minimum absolute atomic E-state index is 0.0666. The average molecular weight is 286 g/mol. The summed E-state index contributed by atoms with van der Waals surface area (Å²) in [4.78, 5) is -0.0666. The van der Waals surface area contributed by atoms with Gasteiger partial charge in [-0.15, -0.1) is 11.8 Å². The van der Waals surface area contributed by atoms with Gasteiger partial charge in [0, 0.05) is 11.6 Å². The molecule has 0 aromatic heterocycles. The summed E-state index contributed by atoms with van der Waals surface area (Å²) in [6.45, 7) is 1.84. The number of aryl methyl sites for hydroxylation is 1. The molecule has 1 atom stereocenters. The third-order valence-corrected chi connectivity index (χ3v) is 4.00. The molecule has 98 valence electrons. The van der Waals surface area contributed by atoms with Crippen molar-refractivity contribution in [3.05, 3.63) is 29.8 Å². The second-order valence-corrected chi connectivity index (χ2v) is 6.14. The molecule has 1 aromatic rings. The van der Waals surface area contributed by atoms with Crippen LogP contribution in [0, 0.1) is 18.3 Å². The zero-order valence-corrected chi connectivity index (χ0v) is 11.5. The van der Waals surface area contributed by atoms with Crippen LogP contribution in [0.1, 0.15) is 5.56 Å². The lowest BCUT2D eigenvalue weighted by atomic mass is 10.2. The first-order chi connectivity index (χ1) is 8.43. The van der Waals surface area contributed by atoms with Gasteiger partial charge in [0.05, 0.1) is 11.0 Å². The Morgan fingerprint density at radius 1 is 1.44 bits per heavy atom. The van der Waals surface area contributed by atoms with E-state index in [4.69, 9.17) is 9.81 Å². The number of rotatable bonds is 1. The van der Waals surface area contributed by atoms with E-state index in [1.807, 2.05) is 6.92 Å². The van der Waals surface area contributed by atoms with Crippen molar-refractivity contribution in [3.8, 4) is 6.07 Å². The first-order valence-corrected chi connectivity index (χ1v) is 7.78. The third-order valence-electron chi connectivity index (χ3n) is 2.19. The summed E-state index contributed by atoms with van der Waals surface area (Å²) in [6, 6.07) is 8.24. The van der Waals surface area contributed by atoms with Crippen LogP contribution in [0.25, 0.3) is 0 Å². The lowest BCUT2D eigenvalue weighted by Crippen LogP contribution is -2.20. The monoisotopic (exact) mass is 286 g/mol. The Morgan fingerprint density at radius 2 is 2.06 bits per heavy atom. The third kappa shape index (κ3) is 5.06. The van der Waals surface area contributed by atoms with Gasteiger partial charge in [0.15, 0.2) is 0 Å². The Balaban J connectivity index is 0.000000199. The molecule has 1 aromatic carbocycles. The first-order valence-electron chi connectivity index (χ1n) is 5.18. The van der Waals surface area contributed by atoms with Crippen molar-refractivity contribution in [3.63, 3.8) is 0 Å². The summed E-state index contributed by atoms with van der Waals surface area (Å²) in [5, 5.41) is 11.2. The summed E-state index contributed by atoms with van der Waals surface area (Å²) in [7, 11) is -4.02. The molecule has 0 unspecified atom stereocenters. The molecule has 2 N–H and O–H groups in total. The molecule has 1 aliphatic rings. The van der Waals surface area contributed by atoms with Crippen LogP contribution in [0.2, 0.25) is 0 Å². The van der Waals surface area contributed by atoms with E-state index >= 15 is 0 Å². The quantitative estimate of drug-likeness (QED) is 0.759. The predicted molar refractivity (Wildman–Crippen MR) is 70.9 cm³/mol. The smallest absolute Gasteiger partial charge is 0.292 e. The zero-order valence-electron chi connectivity index (χ0n) is 9.83. The fraction of sp³-hybridized carbons (Fsp3) is 0.364. The van der Waals surface area contributed by atoms with Crippen LogP contribution in [0.5, 0.6) is 0 Å². The lowest BCUT2D eigenvalue weighted by molar-refractivity contribution is 0.483. The van der Waals surface area contributed by atoms with E-state index in [0.717, 1.165) is 17.2 Å². The van der Waals surface area contributed by atoms with E-state index in [0.29, 0.717) is 0 Å². The highest BCUT2D eigenvalue weighted by Crippen LogP contribution is 2.08. The van der Waals surface area contributed by atoms with Crippen LogP contribution in [0.15, 0.2) is 29.2 Å². The van der Waals surface area contributed by atoms with Crippen molar-refractivity contribution in [2.24, 2.45) is 0 Å². The molecular weight excluding hydrogens is 272 g/mol. The van der Waals surface area contributed by atoms with E-state index < -0.39 is 10.1 Å². The standard InChI is InChI=1S/C7H8O3S.C4H6N2S/c1-6-2-4-7(5-3-6)11(8,9)10;5-1-4-2-7-3-6-4/h2-5H,1H3,(H,8,9,10);4,6H,2-3H2/t;4-/m.1/s1. The van der Waals surface area contributed by atoms with E-state index in [1.165, 1.54) is 12.1 Å². The van der Waals surface area contributed by atoms with Crippen molar-refractivity contribution in [2.45, 2.75) is 17.9 Å². The highest BCUT2D eigenvalue weighted by atomic mass is 32.2. The molecule has 1 fully saturated rings. The summed E-state index contributed by atoms with van der Waals surface area (Å²) in [5.41, 5.74) is 0.956. The number of nitriles is 1. The van der Waals surface area contributed by atoms with Crippen molar-refractivity contribution in [1.82, 2.24) is 5.32 Å². The van der Waals surface area contributed by atoms with Gasteiger partial charge < -0.3 is 0 Å². The minimum Gasteiger partial charge on any atom is -0.292 e. The van der Waals surface area contributed by atoms with Gasteiger partial charge in [-0.3, -0.25) is 9.87 Å². The number of hydrogen-bond acceptors (Lipinski definition) is 5. The van der Waals surface area contributed by atoms with Gasteiger partial charge in [0.2, 0.25) is 0 Å². The molecule has 0 spiro atoms. The van der Waals surface area contributed by atoms with Crippen molar-refractivity contribution >= 4 is 21.9 Å². The zero-order chi connectivity index (χ0) is 13.6. The second kappa shape index (κ2) is 6.75. The minimum atomic E-state index is -4.02. The summed E-state index contributed by atoms with van der Waals surface area (Å²) < 4.78 is 29.6. The Morgan fingerprint density at radius 3 is 2.39 bits per heavy atom. The van der Waals surface area contributed by atoms with E-state index in [1.54, 1.807) is 23.9 Å². The van der Waals surface area contributed by atoms with Gasteiger partial charge in [-0.25, -0.2) is 0 Å². The SMILES string of the molecule is Cc1ccc(S(=O)(=O)O)cc1.N#C[C@@H]1CSCN1. The lowest BCUT2D eigenvalue weighted by Gasteiger charge is -1.95. The van der Waals surface area contributed by atoms with Crippen molar-refractivity contribution in [2.75, 3.05) is 11.6 Å². The maximum Gasteiger partial charge on any atom is 0.294 e. The molecule has 18 heavy (non-hydrogen) atoms. The maximum atomic E-state index is 10.5. The predicted octanol–water partition coefficient (Wildman–Crippen LogP) is 1.41. The molecule has 2 rings (SSSR count). The van der Waals surface area contributed by atoms with Gasteiger partial charge in [0.1, 0.15) is 6.04 Å². The van der Waals surface area contributed by atoms with Crippen molar-refractivity contribution < 1.29 is 13.0 Å². The van der Waals surface area contributed by atoms with Crippen LogP contribution in [-0.4, -0.2) is 30.6 Å². The molecule has 0 saturated carbocycles. The van der Waals surface area contributed by atoms with Gasteiger partial charge in [-0.1, -0.05) is 17.7 Å². The van der Waals surface area contributed by atoms with E-state index in [9.17, 15) is 8.42 Å². The average Bonchev–Trinajstić information content (AvgIpc) is 2.82. The van der Waals surface area contributed by atoms with Crippen LogP contribution < -0.4 is 5.32 Å². The van der Waals surface area contributed by atoms with Gasteiger partial charge in [0.25, 0.3) is 10.1 Å². The fourth-order valence-corrected chi connectivity index (χ4v) is 2.53. The largest absolute Gasteiger partial charge is 0.294 e. The number of benzene rings is 1. The van der Waals surface area contributed by atoms with Crippen molar-refractivity contribution in [1.29, 1.82) is 5.26 Å². The molecule has 0 bridgehead atoms. The topological polar surface area (TPSA) is 90.2 Å². The van der Waals surface area contributed by atoms with E-state index in [-0.39, 0.29) is 10.9 Å². The van der Waals surface area contributed by atoms with E-state index in [2.05, 4.69) is 11.4 Å². The molecule has 0 amide bonds. The number of nitrogens with zero attached hydrogens (tertiary/aromatic N) is 1. The Labute approximate surface area is 111 Å².